The highest BCUT2D eigenvalue weighted by Gasteiger charge is 2.34. The second-order valence-electron chi connectivity index (χ2n) is 5.99. The predicted molar refractivity (Wildman–Crippen MR) is 94.0 cm³/mol. The largest absolute Gasteiger partial charge is 0.573 e. The summed E-state index contributed by atoms with van der Waals surface area (Å²) in [5.41, 5.74) is 0. The summed E-state index contributed by atoms with van der Waals surface area (Å²) in [6.07, 6.45) is -3.69. The van der Waals surface area contributed by atoms with Gasteiger partial charge < -0.3 is 9.47 Å². The van der Waals surface area contributed by atoms with Crippen molar-refractivity contribution in [1.82, 2.24) is 4.31 Å². The number of benzene rings is 1. The zero-order valence-corrected chi connectivity index (χ0v) is 15.8. The van der Waals surface area contributed by atoms with Gasteiger partial charge in [-0.25, -0.2) is 8.42 Å². The lowest BCUT2D eigenvalue weighted by Crippen LogP contribution is -2.42. The van der Waals surface area contributed by atoms with E-state index in [2.05, 4.69) is 4.74 Å². The minimum atomic E-state index is -4.83. The fourth-order valence-corrected chi connectivity index (χ4v) is 5.34. The van der Waals surface area contributed by atoms with E-state index < -0.39 is 22.1 Å². The van der Waals surface area contributed by atoms with Crippen molar-refractivity contribution in [1.29, 1.82) is 0 Å². The van der Waals surface area contributed by atoms with Crippen LogP contribution >= 0.6 is 11.3 Å². The number of hydrogen-bond donors (Lipinski definition) is 0. The zero-order valence-electron chi connectivity index (χ0n) is 14.2. The number of ether oxygens (including phenoxy) is 2. The van der Waals surface area contributed by atoms with Gasteiger partial charge in [-0.2, -0.15) is 4.31 Å². The van der Waals surface area contributed by atoms with Crippen molar-refractivity contribution in [2.45, 2.75) is 36.7 Å². The Kier molecular flexibility index (Phi) is 6.09. The van der Waals surface area contributed by atoms with E-state index in [1.807, 2.05) is 17.5 Å². The Morgan fingerprint density at radius 3 is 2.37 bits per heavy atom. The Bertz CT molecular complexity index is 830. The lowest BCUT2D eigenvalue weighted by atomic mass is 10.1. The van der Waals surface area contributed by atoms with E-state index >= 15 is 0 Å². The van der Waals surface area contributed by atoms with Gasteiger partial charge in [0.05, 0.1) is 4.90 Å². The van der Waals surface area contributed by atoms with E-state index in [-0.39, 0.29) is 17.5 Å². The third-order valence-corrected chi connectivity index (χ3v) is 6.93. The first-order valence-electron chi connectivity index (χ1n) is 8.23. The first-order chi connectivity index (χ1) is 12.8. The SMILES string of the molecule is O=S(=O)(c1ccc(OC(F)(F)F)cc1)N(Cc1cccs1)C1CCOCC1. The van der Waals surface area contributed by atoms with Crippen LogP contribution in [0.5, 0.6) is 5.75 Å². The van der Waals surface area contributed by atoms with Crippen molar-refractivity contribution in [3.05, 3.63) is 46.7 Å². The van der Waals surface area contributed by atoms with Crippen LogP contribution in [0, 0.1) is 0 Å². The minimum Gasteiger partial charge on any atom is -0.406 e. The molecule has 0 amide bonds. The van der Waals surface area contributed by atoms with Crippen molar-refractivity contribution in [3.8, 4) is 5.75 Å². The molecule has 0 unspecified atom stereocenters. The van der Waals surface area contributed by atoms with Crippen molar-refractivity contribution < 1.29 is 31.1 Å². The van der Waals surface area contributed by atoms with Crippen LogP contribution in [-0.4, -0.2) is 38.3 Å². The van der Waals surface area contributed by atoms with Gasteiger partial charge >= 0.3 is 6.36 Å². The molecule has 0 atom stereocenters. The highest BCUT2D eigenvalue weighted by molar-refractivity contribution is 7.89. The molecule has 0 N–H and O–H groups in total. The summed E-state index contributed by atoms with van der Waals surface area (Å²) < 4.78 is 73.8. The molecule has 10 heteroatoms. The Hall–Kier alpha value is -1.62. The van der Waals surface area contributed by atoms with Crippen LogP contribution in [0.2, 0.25) is 0 Å². The normalized spacial score (nSPS) is 16.6. The average molecular weight is 421 g/mol. The minimum absolute atomic E-state index is 0.0694. The van der Waals surface area contributed by atoms with Crippen LogP contribution in [0.15, 0.2) is 46.7 Å². The van der Waals surface area contributed by atoms with Crippen LogP contribution in [-0.2, 0) is 21.3 Å². The second kappa shape index (κ2) is 8.17. The molecule has 2 aromatic rings. The summed E-state index contributed by atoms with van der Waals surface area (Å²) in [6.45, 7) is 1.16. The summed E-state index contributed by atoms with van der Waals surface area (Å²) in [7, 11) is -3.89. The summed E-state index contributed by atoms with van der Waals surface area (Å²) in [5.74, 6) is -0.461. The Morgan fingerprint density at radius 2 is 1.81 bits per heavy atom. The number of hydrogen-bond acceptors (Lipinski definition) is 5. The average Bonchev–Trinajstić information content (AvgIpc) is 3.13. The molecule has 3 rings (SSSR count). The Balaban J connectivity index is 1.87. The molecule has 5 nitrogen and oxygen atoms in total. The number of rotatable bonds is 6. The number of nitrogens with zero attached hydrogens (tertiary/aromatic N) is 1. The van der Waals surface area contributed by atoms with Crippen LogP contribution in [0.3, 0.4) is 0 Å². The smallest absolute Gasteiger partial charge is 0.406 e. The Labute approximate surface area is 159 Å². The van der Waals surface area contributed by atoms with Gasteiger partial charge in [0.1, 0.15) is 5.75 Å². The number of sulfonamides is 1. The van der Waals surface area contributed by atoms with Crippen LogP contribution in [0.1, 0.15) is 17.7 Å². The van der Waals surface area contributed by atoms with Gasteiger partial charge in [0, 0.05) is 30.7 Å². The molecule has 1 aromatic heterocycles. The number of thiophene rings is 1. The monoisotopic (exact) mass is 421 g/mol. The molecule has 1 saturated heterocycles. The first kappa shape index (κ1) is 20.1. The molecule has 1 aromatic carbocycles. The van der Waals surface area contributed by atoms with Crippen LogP contribution in [0.4, 0.5) is 13.2 Å². The lowest BCUT2D eigenvalue weighted by Gasteiger charge is -2.33. The van der Waals surface area contributed by atoms with Gasteiger partial charge in [-0.3, -0.25) is 0 Å². The molecule has 0 aliphatic carbocycles. The first-order valence-corrected chi connectivity index (χ1v) is 10.6. The van der Waals surface area contributed by atoms with Gasteiger partial charge in [-0.05, 0) is 48.6 Å². The summed E-state index contributed by atoms with van der Waals surface area (Å²) in [4.78, 5) is 0.821. The highest BCUT2D eigenvalue weighted by Crippen LogP contribution is 2.29. The maximum absolute atomic E-state index is 13.2. The molecule has 1 fully saturated rings. The molecule has 0 bridgehead atoms. The lowest BCUT2D eigenvalue weighted by molar-refractivity contribution is -0.274. The van der Waals surface area contributed by atoms with Gasteiger partial charge in [0.25, 0.3) is 0 Å². The molecule has 2 heterocycles. The third-order valence-electron chi connectivity index (χ3n) is 4.15. The summed E-state index contributed by atoms with van der Waals surface area (Å²) in [5, 5.41) is 1.87. The van der Waals surface area contributed by atoms with Gasteiger partial charge in [0.2, 0.25) is 10.0 Å². The van der Waals surface area contributed by atoms with E-state index in [9.17, 15) is 21.6 Å². The van der Waals surface area contributed by atoms with E-state index in [0.29, 0.717) is 26.1 Å². The fraction of sp³-hybridized carbons (Fsp3) is 0.412. The van der Waals surface area contributed by atoms with Crippen molar-refractivity contribution in [2.75, 3.05) is 13.2 Å². The molecule has 0 spiro atoms. The molecule has 0 radical (unpaired) electrons. The zero-order chi connectivity index (χ0) is 19.5. The molecular weight excluding hydrogens is 403 g/mol. The fourth-order valence-electron chi connectivity index (χ4n) is 2.89. The van der Waals surface area contributed by atoms with Crippen LogP contribution < -0.4 is 4.74 Å². The van der Waals surface area contributed by atoms with E-state index in [4.69, 9.17) is 4.74 Å². The maximum atomic E-state index is 13.2. The van der Waals surface area contributed by atoms with E-state index in [0.717, 1.165) is 29.1 Å². The summed E-state index contributed by atoms with van der Waals surface area (Å²) >= 11 is 1.45. The predicted octanol–water partition coefficient (Wildman–Crippen LogP) is 4.02. The van der Waals surface area contributed by atoms with E-state index in [1.165, 1.54) is 15.6 Å². The van der Waals surface area contributed by atoms with Crippen molar-refractivity contribution in [3.63, 3.8) is 0 Å². The molecule has 27 heavy (non-hydrogen) atoms. The quantitative estimate of drug-likeness (QED) is 0.707. The van der Waals surface area contributed by atoms with Gasteiger partial charge in [0.15, 0.2) is 0 Å². The Morgan fingerprint density at radius 1 is 1.15 bits per heavy atom. The molecule has 148 valence electrons. The van der Waals surface area contributed by atoms with E-state index in [1.54, 1.807) is 0 Å². The molecular formula is C17H18F3NO4S2. The molecule has 1 aliphatic heterocycles. The third kappa shape index (κ3) is 5.22. The van der Waals surface area contributed by atoms with Crippen molar-refractivity contribution >= 4 is 21.4 Å². The second-order valence-corrected chi connectivity index (χ2v) is 8.92. The number of alkyl halides is 3. The van der Waals surface area contributed by atoms with Crippen LogP contribution in [0.25, 0.3) is 0 Å². The molecule has 0 saturated carbocycles. The molecule has 1 aliphatic rings. The van der Waals surface area contributed by atoms with Gasteiger partial charge in [-0.15, -0.1) is 24.5 Å². The van der Waals surface area contributed by atoms with Crippen molar-refractivity contribution in [2.24, 2.45) is 0 Å². The summed E-state index contributed by atoms with van der Waals surface area (Å²) in [6, 6.07) is 7.76. The standard InChI is InChI=1S/C17H18F3NO4S2/c18-17(19,20)25-14-3-5-16(6-4-14)27(22,23)21(12-15-2-1-11-26-15)13-7-9-24-10-8-13/h1-6,11,13H,7-10,12H2. The highest BCUT2D eigenvalue weighted by atomic mass is 32.2. The van der Waals surface area contributed by atoms with Gasteiger partial charge in [-0.1, -0.05) is 6.07 Å². The number of halogens is 3. The maximum Gasteiger partial charge on any atom is 0.573 e. The topological polar surface area (TPSA) is 55.8 Å².